The first kappa shape index (κ1) is 13.2. The summed E-state index contributed by atoms with van der Waals surface area (Å²) in [6.45, 7) is 0.775. The normalized spacial score (nSPS) is 24.1. The van der Waals surface area contributed by atoms with Crippen LogP contribution >= 0.6 is 0 Å². The van der Waals surface area contributed by atoms with Gasteiger partial charge in [-0.05, 0) is 18.2 Å². The zero-order valence-corrected chi connectivity index (χ0v) is 10.9. The van der Waals surface area contributed by atoms with Crippen molar-refractivity contribution in [1.29, 1.82) is 0 Å². The molecule has 1 spiro atoms. The number of aliphatic hydroxyl groups is 1. The van der Waals surface area contributed by atoms with E-state index in [-0.39, 0.29) is 0 Å². The van der Waals surface area contributed by atoms with Gasteiger partial charge < -0.3 is 19.8 Å². The lowest BCUT2D eigenvalue weighted by Crippen LogP contribution is -2.51. The van der Waals surface area contributed by atoms with Gasteiger partial charge in [-0.15, -0.1) is 0 Å². The Morgan fingerprint density at radius 1 is 1.40 bits per heavy atom. The zero-order chi connectivity index (χ0) is 14.3. The van der Waals surface area contributed by atoms with Gasteiger partial charge in [-0.1, -0.05) is 0 Å². The van der Waals surface area contributed by atoms with Crippen molar-refractivity contribution in [2.45, 2.75) is 31.0 Å². The van der Waals surface area contributed by atoms with Crippen LogP contribution < -0.4 is 4.74 Å². The lowest BCUT2D eigenvalue weighted by atomic mass is 9.82. The fourth-order valence-corrected chi connectivity index (χ4v) is 3.02. The second-order valence-electron chi connectivity index (χ2n) is 5.46. The van der Waals surface area contributed by atoms with E-state index < -0.39 is 23.6 Å². The highest BCUT2D eigenvalue weighted by molar-refractivity contribution is 5.65. The van der Waals surface area contributed by atoms with E-state index >= 15 is 0 Å². The summed E-state index contributed by atoms with van der Waals surface area (Å²) in [5, 5.41) is 19.2. The van der Waals surface area contributed by atoms with Gasteiger partial charge in [0, 0.05) is 37.9 Å². The van der Waals surface area contributed by atoms with Crippen molar-refractivity contribution in [3.8, 4) is 5.75 Å². The fourth-order valence-electron chi connectivity index (χ4n) is 3.02. The molecule has 6 heteroatoms. The van der Waals surface area contributed by atoms with Crippen LogP contribution in [0.1, 0.15) is 30.9 Å². The van der Waals surface area contributed by atoms with Gasteiger partial charge in [-0.3, -0.25) is 0 Å². The van der Waals surface area contributed by atoms with Crippen LogP contribution in [0.4, 0.5) is 9.18 Å². The van der Waals surface area contributed by atoms with Gasteiger partial charge in [0.05, 0.1) is 6.10 Å². The van der Waals surface area contributed by atoms with E-state index in [4.69, 9.17) is 9.84 Å². The molecule has 0 aromatic heterocycles. The van der Waals surface area contributed by atoms with Gasteiger partial charge in [0.15, 0.2) is 0 Å². The Morgan fingerprint density at radius 2 is 2.10 bits per heavy atom. The van der Waals surface area contributed by atoms with Crippen LogP contribution in [0.25, 0.3) is 0 Å². The standard InChI is InChI=1S/C14H16FNO4/c15-9-1-2-12-10(7-9)11(17)8-14(20-12)3-5-16(6-4-14)13(18)19/h1-2,7,11,17H,3-6,8H2,(H,18,19). The predicted octanol–water partition coefficient (Wildman–Crippen LogP) is 2.15. The number of carboxylic acid groups (broad SMARTS) is 1. The first-order valence-electron chi connectivity index (χ1n) is 6.63. The summed E-state index contributed by atoms with van der Waals surface area (Å²) < 4.78 is 19.2. The molecule has 1 saturated heterocycles. The Balaban J connectivity index is 1.81. The molecular weight excluding hydrogens is 265 g/mol. The molecule has 2 heterocycles. The first-order chi connectivity index (χ1) is 9.49. The summed E-state index contributed by atoms with van der Waals surface area (Å²) in [6.07, 6.45) is -0.262. The minimum Gasteiger partial charge on any atom is -0.487 e. The number of nitrogens with zero attached hydrogens (tertiary/aromatic N) is 1. The molecule has 2 aliphatic heterocycles. The Morgan fingerprint density at radius 3 is 2.75 bits per heavy atom. The number of carbonyl (C=O) groups is 1. The van der Waals surface area contributed by atoms with Crippen molar-refractivity contribution in [2.75, 3.05) is 13.1 Å². The molecule has 108 valence electrons. The second kappa shape index (κ2) is 4.63. The third-order valence-corrected chi connectivity index (χ3v) is 4.17. The van der Waals surface area contributed by atoms with E-state index in [1.807, 2.05) is 0 Å². The molecule has 0 aliphatic carbocycles. The smallest absolute Gasteiger partial charge is 0.407 e. The van der Waals surface area contributed by atoms with Gasteiger partial charge >= 0.3 is 6.09 Å². The van der Waals surface area contributed by atoms with E-state index in [1.165, 1.54) is 23.1 Å². The number of amides is 1. The van der Waals surface area contributed by atoms with Crippen LogP contribution in [-0.4, -0.2) is 39.9 Å². The van der Waals surface area contributed by atoms with Crippen LogP contribution in [0.15, 0.2) is 18.2 Å². The fraction of sp³-hybridized carbons (Fsp3) is 0.500. The van der Waals surface area contributed by atoms with Crippen LogP contribution in [0.3, 0.4) is 0 Å². The van der Waals surface area contributed by atoms with Crippen LogP contribution in [0.5, 0.6) is 5.75 Å². The number of hydrogen-bond donors (Lipinski definition) is 2. The summed E-state index contributed by atoms with van der Waals surface area (Å²) in [4.78, 5) is 12.3. The average molecular weight is 281 g/mol. The molecule has 0 radical (unpaired) electrons. The zero-order valence-electron chi connectivity index (χ0n) is 10.9. The largest absolute Gasteiger partial charge is 0.487 e. The van der Waals surface area contributed by atoms with Crippen molar-refractivity contribution in [2.24, 2.45) is 0 Å². The molecule has 1 aromatic rings. The lowest BCUT2D eigenvalue weighted by molar-refractivity contribution is -0.0503. The maximum absolute atomic E-state index is 13.2. The summed E-state index contributed by atoms with van der Waals surface area (Å²) in [5.74, 6) is 0.0944. The molecule has 1 aromatic carbocycles. The SMILES string of the molecule is O=C(O)N1CCC2(CC1)CC(O)c1cc(F)ccc1O2. The topological polar surface area (TPSA) is 70.0 Å². The van der Waals surface area contributed by atoms with Crippen LogP contribution in [0, 0.1) is 5.82 Å². The number of benzene rings is 1. The second-order valence-corrected chi connectivity index (χ2v) is 5.46. The average Bonchev–Trinajstić information content (AvgIpc) is 2.40. The number of aliphatic hydroxyl groups excluding tert-OH is 1. The molecule has 2 N–H and O–H groups in total. The molecule has 0 saturated carbocycles. The third kappa shape index (κ3) is 2.20. The summed E-state index contributed by atoms with van der Waals surface area (Å²) in [5.41, 5.74) is -0.0767. The van der Waals surface area contributed by atoms with Gasteiger partial charge in [0.2, 0.25) is 0 Å². The van der Waals surface area contributed by atoms with Gasteiger partial charge in [-0.25, -0.2) is 9.18 Å². The molecule has 1 fully saturated rings. The molecule has 0 bridgehead atoms. The van der Waals surface area contributed by atoms with Crippen molar-refractivity contribution in [3.05, 3.63) is 29.6 Å². The highest BCUT2D eigenvalue weighted by Gasteiger charge is 2.43. The number of hydrogen-bond acceptors (Lipinski definition) is 3. The summed E-state index contributed by atoms with van der Waals surface area (Å²) in [7, 11) is 0. The highest BCUT2D eigenvalue weighted by atomic mass is 19.1. The van der Waals surface area contributed by atoms with E-state index in [0.717, 1.165) is 0 Å². The molecule has 1 amide bonds. The monoisotopic (exact) mass is 281 g/mol. The number of fused-ring (bicyclic) bond motifs is 1. The molecule has 5 nitrogen and oxygen atoms in total. The van der Waals surface area contributed by atoms with E-state index in [9.17, 15) is 14.3 Å². The van der Waals surface area contributed by atoms with Crippen molar-refractivity contribution in [3.63, 3.8) is 0 Å². The molecule has 20 heavy (non-hydrogen) atoms. The van der Waals surface area contributed by atoms with E-state index in [2.05, 4.69) is 0 Å². The number of halogens is 1. The Bertz CT molecular complexity index is 540. The first-order valence-corrected chi connectivity index (χ1v) is 6.63. The number of likely N-dealkylation sites (tertiary alicyclic amines) is 1. The Kier molecular flexibility index (Phi) is 3.05. The van der Waals surface area contributed by atoms with Crippen molar-refractivity contribution in [1.82, 2.24) is 4.90 Å². The Labute approximate surface area is 115 Å². The minimum absolute atomic E-state index is 0.372. The van der Waals surface area contributed by atoms with Crippen LogP contribution in [-0.2, 0) is 0 Å². The van der Waals surface area contributed by atoms with Gasteiger partial charge in [0.25, 0.3) is 0 Å². The lowest BCUT2D eigenvalue weighted by Gasteiger charge is -2.45. The van der Waals surface area contributed by atoms with Gasteiger partial charge in [0.1, 0.15) is 17.2 Å². The number of rotatable bonds is 0. The van der Waals surface area contributed by atoms with Gasteiger partial charge in [-0.2, -0.15) is 0 Å². The Hall–Kier alpha value is -1.82. The number of piperidine rings is 1. The van der Waals surface area contributed by atoms with Crippen molar-refractivity contribution < 1.29 is 24.1 Å². The van der Waals surface area contributed by atoms with E-state index in [0.29, 0.717) is 43.7 Å². The predicted molar refractivity (Wildman–Crippen MR) is 68.2 cm³/mol. The highest BCUT2D eigenvalue weighted by Crippen LogP contribution is 2.44. The molecule has 1 atom stereocenters. The quantitative estimate of drug-likeness (QED) is 0.764. The summed E-state index contributed by atoms with van der Waals surface area (Å²) >= 11 is 0. The maximum Gasteiger partial charge on any atom is 0.407 e. The van der Waals surface area contributed by atoms with Crippen LogP contribution in [0.2, 0.25) is 0 Å². The minimum atomic E-state index is -0.932. The number of ether oxygens (including phenoxy) is 1. The third-order valence-electron chi connectivity index (χ3n) is 4.17. The summed E-state index contributed by atoms with van der Waals surface area (Å²) in [6, 6.07) is 4.12. The molecular formula is C14H16FNO4. The van der Waals surface area contributed by atoms with Crippen molar-refractivity contribution >= 4 is 6.09 Å². The van der Waals surface area contributed by atoms with E-state index in [1.54, 1.807) is 0 Å². The molecule has 2 aliphatic rings. The maximum atomic E-state index is 13.2. The molecule has 3 rings (SSSR count). The molecule has 1 unspecified atom stereocenters.